The minimum absolute atomic E-state index is 0.260. The molecule has 10 N–H and O–H groups in total. The highest BCUT2D eigenvalue weighted by molar-refractivity contribution is 5.96. The number of hydrogen-bond donors (Lipinski definition) is 8. The van der Waals surface area contributed by atoms with Crippen molar-refractivity contribution in [3.63, 3.8) is 0 Å². The highest BCUT2D eigenvalue weighted by atomic mass is 16.4. The van der Waals surface area contributed by atoms with Crippen LogP contribution in [0.15, 0.2) is 0 Å². The molecule has 13 nitrogen and oxygen atoms in total. The molecule has 0 aromatic carbocycles. The highest BCUT2D eigenvalue weighted by Gasteiger charge is 2.34. The molecule has 0 radical (unpaired) electrons. The fourth-order valence-electron chi connectivity index (χ4n) is 2.27. The maximum atomic E-state index is 12.5. The van der Waals surface area contributed by atoms with Gasteiger partial charge in [-0.1, -0.05) is 13.8 Å². The van der Waals surface area contributed by atoms with Gasteiger partial charge in [-0.2, -0.15) is 0 Å². The van der Waals surface area contributed by atoms with Crippen LogP contribution in [0.1, 0.15) is 34.1 Å². The summed E-state index contributed by atoms with van der Waals surface area (Å²) in [5.41, 5.74) is 10.8. The van der Waals surface area contributed by atoms with Gasteiger partial charge >= 0.3 is 5.97 Å². The predicted molar refractivity (Wildman–Crippen MR) is 103 cm³/mol. The van der Waals surface area contributed by atoms with Gasteiger partial charge in [-0.25, -0.2) is 4.79 Å². The topological polar surface area (TPSA) is 234 Å². The molecular formula is C17H31N5O8. The molecule has 0 aliphatic carbocycles. The molecule has 0 saturated heterocycles. The Hall–Kier alpha value is -2.77. The molecule has 0 spiro atoms. The summed E-state index contributed by atoms with van der Waals surface area (Å²) >= 11 is 0. The average molecular weight is 433 g/mol. The number of carbonyl (C=O) groups is 5. The van der Waals surface area contributed by atoms with Crippen LogP contribution in [0.2, 0.25) is 0 Å². The van der Waals surface area contributed by atoms with Gasteiger partial charge in [0.15, 0.2) is 6.04 Å². The molecule has 0 aromatic heterocycles. The smallest absolute Gasteiger partial charge is 0.328 e. The van der Waals surface area contributed by atoms with E-state index in [1.807, 2.05) is 5.32 Å². The lowest BCUT2D eigenvalue weighted by Gasteiger charge is -2.27. The quantitative estimate of drug-likeness (QED) is 0.150. The second-order valence-corrected chi connectivity index (χ2v) is 7.29. The Kier molecular flexibility index (Phi) is 10.9. The molecule has 6 atom stereocenters. The molecule has 0 rings (SSSR count). The summed E-state index contributed by atoms with van der Waals surface area (Å²) in [4.78, 5) is 59.4. The van der Waals surface area contributed by atoms with E-state index >= 15 is 0 Å². The molecule has 172 valence electrons. The first kappa shape index (κ1) is 27.2. The van der Waals surface area contributed by atoms with Crippen molar-refractivity contribution in [2.45, 2.75) is 70.5 Å². The van der Waals surface area contributed by atoms with E-state index in [0.29, 0.717) is 0 Å². The molecule has 0 saturated carbocycles. The van der Waals surface area contributed by atoms with Crippen molar-refractivity contribution in [2.24, 2.45) is 17.4 Å². The van der Waals surface area contributed by atoms with Crippen LogP contribution < -0.4 is 27.4 Å². The maximum Gasteiger partial charge on any atom is 0.328 e. The monoisotopic (exact) mass is 433 g/mol. The normalized spacial score (nSPS) is 17.1. The summed E-state index contributed by atoms with van der Waals surface area (Å²) in [5.74, 6) is -5.64. The van der Waals surface area contributed by atoms with Crippen LogP contribution in [0.3, 0.4) is 0 Å². The Balaban J connectivity index is 5.47. The second-order valence-electron chi connectivity index (χ2n) is 7.29. The largest absolute Gasteiger partial charge is 0.480 e. The number of rotatable bonds is 12. The number of nitrogens with one attached hydrogen (secondary N) is 3. The molecule has 0 fully saturated rings. The van der Waals surface area contributed by atoms with Gasteiger partial charge in [0.2, 0.25) is 23.6 Å². The van der Waals surface area contributed by atoms with Crippen molar-refractivity contribution in [1.82, 2.24) is 16.0 Å². The van der Waals surface area contributed by atoms with Crippen molar-refractivity contribution in [3.05, 3.63) is 0 Å². The lowest BCUT2D eigenvalue weighted by Crippen LogP contribution is -2.61. The summed E-state index contributed by atoms with van der Waals surface area (Å²) in [6, 6.07) is -5.81. The van der Waals surface area contributed by atoms with Gasteiger partial charge in [0.1, 0.15) is 12.1 Å². The summed E-state index contributed by atoms with van der Waals surface area (Å²) in [6.07, 6.45) is -3.57. The van der Waals surface area contributed by atoms with E-state index in [4.69, 9.17) is 16.6 Å². The van der Waals surface area contributed by atoms with Crippen molar-refractivity contribution in [1.29, 1.82) is 0 Å². The number of aliphatic hydroxyl groups excluding tert-OH is 2. The third kappa shape index (κ3) is 8.71. The fourth-order valence-corrected chi connectivity index (χ4v) is 2.27. The van der Waals surface area contributed by atoms with Crippen LogP contribution in [0.25, 0.3) is 0 Å². The van der Waals surface area contributed by atoms with E-state index in [9.17, 15) is 34.2 Å². The number of aliphatic carboxylic acids is 1. The summed E-state index contributed by atoms with van der Waals surface area (Å²) in [7, 11) is 0. The minimum Gasteiger partial charge on any atom is -0.480 e. The predicted octanol–water partition coefficient (Wildman–Crippen LogP) is -3.85. The van der Waals surface area contributed by atoms with E-state index in [1.54, 1.807) is 13.8 Å². The number of amides is 4. The lowest BCUT2D eigenvalue weighted by atomic mass is 10.0. The molecular weight excluding hydrogens is 402 g/mol. The van der Waals surface area contributed by atoms with Gasteiger partial charge in [-0.3, -0.25) is 19.2 Å². The number of primary amides is 1. The molecule has 6 unspecified atom stereocenters. The summed E-state index contributed by atoms with van der Waals surface area (Å²) < 4.78 is 0. The van der Waals surface area contributed by atoms with Crippen LogP contribution in [0.5, 0.6) is 0 Å². The van der Waals surface area contributed by atoms with Crippen LogP contribution in [0.4, 0.5) is 0 Å². The second kappa shape index (κ2) is 12.0. The minimum atomic E-state index is -1.71. The Morgan fingerprint density at radius 3 is 1.63 bits per heavy atom. The van der Waals surface area contributed by atoms with E-state index in [0.717, 1.165) is 6.92 Å². The Labute approximate surface area is 173 Å². The standard InChI is InChI=1S/C17H31N5O8/c1-6(2)11(19)15(27)21-12(7(3)23)16(28)20-9(5-10(18)25)14(26)22-13(8(4)24)17(29)30/h6-9,11-13,23-24H,5,19H2,1-4H3,(H2,18,25)(H,20,28)(H,21,27)(H,22,26)(H,29,30). The maximum absolute atomic E-state index is 12.5. The van der Waals surface area contributed by atoms with Gasteiger partial charge in [0.05, 0.1) is 24.7 Å². The van der Waals surface area contributed by atoms with Crippen molar-refractivity contribution in [2.75, 3.05) is 0 Å². The van der Waals surface area contributed by atoms with Crippen molar-refractivity contribution in [3.8, 4) is 0 Å². The van der Waals surface area contributed by atoms with E-state index in [-0.39, 0.29) is 5.92 Å². The first-order valence-corrected chi connectivity index (χ1v) is 9.22. The average Bonchev–Trinajstić information content (AvgIpc) is 2.60. The summed E-state index contributed by atoms with van der Waals surface area (Å²) in [5, 5.41) is 34.8. The molecule has 0 aliphatic heterocycles. The van der Waals surface area contributed by atoms with Gasteiger partial charge in [-0.15, -0.1) is 0 Å². The van der Waals surface area contributed by atoms with Gasteiger partial charge in [0, 0.05) is 0 Å². The fraction of sp³-hybridized carbons (Fsp3) is 0.706. The third-order valence-corrected chi connectivity index (χ3v) is 4.17. The molecule has 0 aliphatic rings. The Morgan fingerprint density at radius 2 is 1.27 bits per heavy atom. The number of aliphatic hydroxyl groups is 2. The van der Waals surface area contributed by atoms with Crippen molar-refractivity contribution >= 4 is 29.6 Å². The molecule has 30 heavy (non-hydrogen) atoms. The van der Waals surface area contributed by atoms with E-state index in [1.165, 1.54) is 6.92 Å². The number of carbonyl (C=O) groups excluding carboxylic acids is 4. The van der Waals surface area contributed by atoms with Crippen molar-refractivity contribution < 1.29 is 39.3 Å². The van der Waals surface area contributed by atoms with Gasteiger partial charge in [0.25, 0.3) is 0 Å². The first-order valence-electron chi connectivity index (χ1n) is 9.22. The lowest BCUT2D eigenvalue weighted by molar-refractivity contribution is -0.145. The van der Waals surface area contributed by atoms with Crippen LogP contribution in [0, 0.1) is 5.92 Å². The molecule has 0 aromatic rings. The third-order valence-electron chi connectivity index (χ3n) is 4.17. The zero-order valence-corrected chi connectivity index (χ0v) is 17.3. The number of carboxylic acids is 1. The molecule has 0 bridgehead atoms. The Bertz CT molecular complexity index is 652. The number of carboxylic acid groups (broad SMARTS) is 1. The van der Waals surface area contributed by atoms with Gasteiger partial charge < -0.3 is 42.7 Å². The van der Waals surface area contributed by atoms with Crippen LogP contribution in [-0.4, -0.2) is 81.3 Å². The highest BCUT2D eigenvalue weighted by Crippen LogP contribution is 2.03. The van der Waals surface area contributed by atoms with Crippen LogP contribution in [-0.2, 0) is 24.0 Å². The summed E-state index contributed by atoms with van der Waals surface area (Å²) in [6.45, 7) is 5.69. The zero-order valence-electron chi connectivity index (χ0n) is 17.3. The van der Waals surface area contributed by atoms with E-state index < -0.39 is 72.4 Å². The van der Waals surface area contributed by atoms with Crippen LogP contribution >= 0.6 is 0 Å². The zero-order chi connectivity index (χ0) is 23.8. The van der Waals surface area contributed by atoms with Gasteiger partial charge in [-0.05, 0) is 19.8 Å². The molecule has 0 heterocycles. The molecule has 13 heteroatoms. The molecule has 4 amide bonds. The Morgan fingerprint density at radius 1 is 0.800 bits per heavy atom. The first-order chi connectivity index (χ1) is 13.7. The van der Waals surface area contributed by atoms with E-state index in [2.05, 4.69) is 10.6 Å². The number of nitrogens with two attached hydrogens (primary N) is 2. The number of hydrogen-bond acceptors (Lipinski definition) is 8. The SMILES string of the molecule is CC(C)C(N)C(=O)NC(C(=O)NC(CC(N)=O)C(=O)NC(C(=O)O)C(C)O)C(C)O.